The molecule has 3 rings (SSSR count). The molecule has 1 aliphatic rings. The molecule has 0 spiro atoms. The number of carbonyl (C=O) groups excluding carboxylic acids is 1. The van der Waals surface area contributed by atoms with Gasteiger partial charge in [-0.15, -0.1) is 0 Å². The lowest BCUT2D eigenvalue weighted by Crippen LogP contribution is -2.39. The highest BCUT2D eigenvalue weighted by molar-refractivity contribution is 5.90. The molecule has 9 nitrogen and oxygen atoms in total. The Morgan fingerprint density at radius 1 is 1.36 bits per heavy atom. The van der Waals surface area contributed by atoms with Gasteiger partial charge >= 0.3 is 0 Å². The number of aryl methyl sites for hydroxylation is 2. The molecule has 0 bridgehead atoms. The molecule has 0 radical (unpaired) electrons. The van der Waals surface area contributed by atoms with Gasteiger partial charge in [-0.3, -0.25) is 9.48 Å². The van der Waals surface area contributed by atoms with Crippen LogP contribution < -0.4 is 10.2 Å². The van der Waals surface area contributed by atoms with Gasteiger partial charge in [-0.05, 0) is 33.6 Å². The summed E-state index contributed by atoms with van der Waals surface area (Å²) in [7, 11) is 3.44. The van der Waals surface area contributed by atoms with E-state index >= 15 is 0 Å². The fourth-order valence-electron chi connectivity index (χ4n) is 3.47. The first-order valence-corrected chi connectivity index (χ1v) is 9.75. The fourth-order valence-corrected chi connectivity index (χ4v) is 3.47. The molecule has 2 atom stereocenters. The standard InChI is InChI=1S/C19H30N8O/c1-13(6-9-27-12-20-11-21-27)22-16-7-8-26(10-16)18-14(2)15(3)23-17(24-18)19(28)25(4)5/h11-13,16,22H,6-10H2,1-5H3/t13?,16-/m1/s1. The van der Waals surface area contributed by atoms with Crippen molar-refractivity contribution in [2.24, 2.45) is 0 Å². The van der Waals surface area contributed by atoms with Crippen LogP contribution in [0.1, 0.15) is 41.6 Å². The molecule has 2 aromatic rings. The first kappa shape index (κ1) is 20.2. The normalized spacial score (nSPS) is 17.8. The second-order valence-corrected chi connectivity index (χ2v) is 7.73. The highest BCUT2D eigenvalue weighted by atomic mass is 16.2. The number of nitrogens with one attached hydrogen (secondary N) is 1. The van der Waals surface area contributed by atoms with Gasteiger partial charge in [-0.1, -0.05) is 0 Å². The first-order chi connectivity index (χ1) is 13.3. The summed E-state index contributed by atoms with van der Waals surface area (Å²) in [6.07, 6.45) is 5.35. The number of anilines is 1. The van der Waals surface area contributed by atoms with Crippen LogP contribution in [0.5, 0.6) is 0 Å². The van der Waals surface area contributed by atoms with Crippen LogP contribution in [0, 0.1) is 13.8 Å². The highest BCUT2D eigenvalue weighted by Crippen LogP contribution is 2.24. The van der Waals surface area contributed by atoms with E-state index in [-0.39, 0.29) is 11.7 Å². The summed E-state index contributed by atoms with van der Waals surface area (Å²) >= 11 is 0. The molecule has 0 aromatic carbocycles. The van der Waals surface area contributed by atoms with Gasteiger partial charge in [0.15, 0.2) is 0 Å². The Morgan fingerprint density at radius 2 is 2.14 bits per heavy atom. The predicted octanol–water partition coefficient (Wildman–Crippen LogP) is 1.03. The second kappa shape index (κ2) is 8.64. The van der Waals surface area contributed by atoms with Crippen molar-refractivity contribution in [3.63, 3.8) is 0 Å². The average Bonchev–Trinajstić information content (AvgIpc) is 3.33. The van der Waals surface area contributed by atoms with Crippen LogP contribution in [0.15, 0.2) is 12.7 Å². The van der Waals surface area contributed by atoms with Crippen LogP contribution >= 0.6 is 0 Å². The quantitative estimate of drug-likeness (QED) is 0.760. The van der Waals surface area contributed by atoms with E-state index in [1.165, 1.54) is 4.90 Å². The molecular formula is C19H30N8O. The number of hydrogen-bond donors (Lipinski definition) is 1. The van der Waals surface area contributed by atoms with Crippen LogP contribution in [0.25, 0.3) is 0 Å². The molecule has 0 aliphatic carbocycles. The molecular weight excluding hydrogens is 356 g/mol. The molecule has 0 saturated carbocycles. The topological polar surface area (TPSA) is 92.1 Å². The Kier molecular flexibility index (Phi) is 6.23. The van der Waals surface area contributed by atoms with Gasteiger partial charge in [0.25, 0.3) is 5.91 Å². The van der Waals surface area contributed by atoms with Crippen molar-refractivity contribution in [1.29, 1.82) is 0 Å². The van der Waals surface area contributed by atoms with Gasteiger partial charge in [-0.2, -0.15) is 5.10 Å². The molecule has 1 aliphatic heterocycles. The smallest absolute Gasteiger partial charge is 0.291 e. The SMILES string of the molecule is Cc1nc(C(=O)N(C)C)nc(N2CC[C@@H](NC(C)CCn3cncn3)C2)c1C. The molecule has 152 valence electrons. The lowest BCUT2D eigenvalue weighted by molar-refractivity contribution is 0.0815. The third-order valence-corrected chi connectivity index (χ3v) is 5.23. The predicted molar refractivity (Wildman–Crippen MR) is 107 cm³/mol. The number of amides is 1. The minimum Gasteiger partial charge on any atom is -0.355 e. The third kappa shape index (κ3) is 4.64. The van der Waals surface area contributed by atoms with Gasteiger partial charge in [0, 0.05) is 57.1 Å². The minimum absolute atomic E-state index is 0.167. The van der Waals surface area contributed by atoms with E-state index in [4.69, 9.17) is 0 Å². The van der Waals surface area contributed by atoms with Crippen LogP contribution in [0.3, 0.4) is 0 Å². The van der Waals surface area contributed by atoms with Gasteiger partial charge in [0.2, 0.25) is 5.82 Å². The molecule has 1 N–H and O–H groups in total. The first-order valence-electron chi connectivity index (χ1n) is 9.75. The Morgan fingerprint density at radius 3 is 2.82 bits per heavy atom. The van der Waals surface area contributed by atoms with E-state index in [0.29, 0.717) is 12.1 Å². The van der Waals surface area contributed by atoms with E-state index < -0.39 is 0 Å². The largest absolute Gasteiger partial charge is 0.355 e. The Bertz CT molecular complexity index is 805. The number of rotatable bonds is 7. The lowest BCUT2D eigenvalue weighted by Gasteiger charge is -2.23. The van der Waals surface area contributed by atoms with E-state index in [9.17, 15) is 4.79 Å². The molecule has 3 heterocycles. The van der Waals surface area contributed by atoms with Gasteiger partial charge < -0.3 is 15.1 Å². The maximum Gasteiger partial charge on any atom is 0.291 e. The minimum atomic E-state index is -0.167. The van der Waals surface area contributed by atoms with Gasteiger partial charge in [0.05, 0.1) is 0 Å². The second-order valence-electron chi connectivity index (χ2n) is 7.73. The summed E-state index contributed by atoms with van der Waals surface area (Å²) < 4.78 is 1.86. The highest BCUT2D eigenvalue weighted by Gasteiger charge is 2.27. The zero-order chi connectivity index (χ0) is 20.3. The van der Waals surface area contributed by atoms with E-state index in [1.807, 2.05) is 18.5 Å². The Balaban J connectivity index is 1.62. The van der Waals surface area contributed by atoms with Crippen LogP contribution in [0.4, 0.5) is 5.82 Å². The van der Waals surface area contributed by atoms with Crippen molar-refractivity contribution >= 4 is 11.7 Å². The van der Waals surface area contributed by atoms with Crippen LogP contribution in [-0.4, -0.2) is 74.8 Å². The van der Waals surface area contributed by atoms with Crippen LogP contribution in [-0.2, 0) is 6.54 Å². The average molecular weight is 387 g/mol. The molecule has 9 heteroatoms. The fraction of sp³-hybridized carbons (Fsp3) is 0.632. The van der Waals surface area contributed by atoms with Crippen molar-refractivity contribution in [3.8, 4) is 0 Å². The summed E-state index contributed by atoms with van der Waals surface area (Å²) in [6, 6.07) is 0.779. The van der Waals surface area contributed by atoms with Gasteiger partial charge in [0.1, 0.15) is 18.5 Å². The van der Waals surface area contributed by atoms with Crippen molar-refractivity contribution in [1.82, 2.24) is 34.9 Å². The molecule has 1 amide bonds. The zero-order valence-corrected chi connectivity index (χ0v) is 17.4. The number of aromatic nitrogens is 5. The maximum atomic E-state index is 12.3. The lowest BCUT2D eigenvalue weighted by atomic mass is 10.2. The van der Waals surface area contributed by atoms with E-state index in [1.54, 1.807) is 26.7 Å². The maximum absolute atomic E-state index is 12.3. The molecule has 1 unspecified atom stereocenters. The van der Waals surface area contributed by atoms with E-state index in [2.05, 4.69) is 37.2 Å². The molecule has 28 heavy (non-hydrogen) atoms. The molecule has 2 aromatic heterocycles. The molecule has 1 saturated heterocycles. The third-order valence-electron chi connectivity index (χ3n) is 5.23. The number of hydrogen-bond acceptors (Lipinski definition) is 7. The summed E-state index contributed by atoms with van der Waals surface area (Å²) in [4.78, 5) is 29.0. The van der Waals surface area contributed by atoms with Crippen molar-refractivity contribution in [2.75, 3.05) is 32.1 Å². The zero-order valence-electron chi connectivity index (χ0n) is 17.4. The Labute approximate surface area is 166 Å². The number of carbonyl (C=O) groups is 1. The van der Waals surface area contributed by atoms with Crippen molar-refractivity contribution in [2.45, 2.75) is 52.2 Å². The van der Waals surface area contributed by atoms with Crippen molar-refractivity contribution < 1.29 is 4.79 Å². The van der Waals surface area contributed by atoms with E-state index in [0.717, 1.165) is 49.6 Å². The summed E-state index contributed by atoms with van der Waals surface area (Å²) in [5.41, 5.74) is 1.89. The van der Waals surface area contributed by atoms with Gasteiger partial charge in [-0.25, -0.2) is 15.0 Å². The molecule has 1 fully saturated rings. The summed E-state index contributed by atoms with van der Waals surface area (Å²) in [5.74, 6) is 0.970. The summed E-state index contributed by atoms with van der Waals surface area (Å²) in [5, 5.41) is 7.86. The van der Waals surface area contributed by atoms with Crippen molar-refractivity contribution in [3.05, 3.63) is 29.7 Å². The van der Waals surface area contributed by atoms with Crippen LogP contribution in [0.2, 0.25) is 0 Å². The number of nitrogens with zero attached hydrogens (tertiary/aromatic N) is 7. The Hall–Kier alpha value is -2.55. The summed E-state index contributed by atoms with van der Waals surface area (Å²) in [6.45, 7) is 8.81. The monoisotopic (exact) mass is 386 g/mol.